The first-order chi connectivity index (χ1) is 29.0. The second-order valence-corrected chi connectivity index (χ2v) is 18.3. The van der Waals surface area contributed by atoms with E-state index in [9.17, 15) is 19.8 Å². The van der Waals surface area contributed by atoms with Gasteiger partial charge in [-0.15, -0.1) is 0 Å². The quantitative estimate of drug-likeness (QED) is 0.0831. The van der Waals surface area contributed by atoms with Crippen molar-refractivity contribution in [1.82, 2.24) is 0 Å². The fourth-order valence-electron chi connectivity index (χ4n) is 10.6. The number of allylic oxidation sites excluding steroid dienone is 1. The van der Waals surface area contributed by atoms with Gasteiger partial charge in [0.25, 0.3) is 0 Å². The Morgan fingerprint density at radius 3 is 1.08 bits per heavy atom. The third kappa shape index (κ3) is 14.6. The summed E-state index contributed by atoms with van der Waals surface area (Å²) in [6.45, 7) is 4.60. The van der Waals surface area contributed by atoms with Crippen molar-refractivity contribution in [3.05, 3.63) is 125 Å². The van der Waals surface area contributed by atoms with Crippen molar-refractivity contribution in [2.75, 3.05) is 0 Å². The first kappa shape index (κ1) is 50.8. The predicted molar refractivity (Wildman–Crippen MR) is 242 cm³/mol. The second kappa shape index (κ2) is 25.5. The summed E-state index contributed by atoms with van der Waals surface area (Å²) in [5.74, 6) is 5.01. The van der Waals surface area contributed by atoms with Crippen LogP contribution in [0.2, 0.25) is 0 Å². The molecule has 0 aliphatic heterocycles. The van der Waals surface area contributed by atoms with Crippen molar-refractivity contribution in [2.45, 2.75) is 129 Å². The molecule has 0 spiro atoms. The van der Waals surface area contributed by atoms with Gasteiger partial charge >= 0.3 is 0 Å². The van der Waals surface area contributed by atoms with Crippen LogP contribution in [0.3, 0.4) is 0 Å². The molecule has 4 saturated carbocycles. The SMILES string of the molecule is CC(CC1CCCC1)C(=C(c1ccc(O)cc1)c1ccc(O)cc1)C1CCCC1.CC(CC1CCCC1)C(=O)C1CCCC1.O=C(c1ccc(O)cc1)c1ccc(O)cc1.[Fe].[Fe]. The summed E-state index contributed by atoms with van der Waals surface area (Å²) in [5.41, 5.74) is 6.28. The van der Waals surface area contributed by atoms with Gasteiger partial charge in [-0.2, -0.15) is 0 Å². The van der Waals surface area contributed by atoms with Crippen LogP contribution in [-0.2, 0) is 38.9 Å². The third-order valence-electron chi connectivity index (χ3n) is 13.8. The zero-order valence-corrected chi connectivity index (χ0v) is 39.0. The van der Waals surface area contributed by atoms with Crippen LogP contribution in [0.1, 0.15) is 156 Å². The third-order valence-corrected chi connectivity index (χ3v) is 13.8. The fraction of sp³-hybridized carbons (Fsp3) is 0.481. The van der Waals surface area contributed by atoms with E-state index >= 15 is 0 Å². The Labute approximate surface area is 392 Å². The summed E-state index contributed by atoms with van der Waals surface area (Å²) in [7, 11) is 0. The molecule has 8 rings (SSSR count). The minimum Gasteiger partial charge on any atom is -0.508 e. The number of Topliss-reactive ketones (excluding diaryl/α,β-unsaturated/α-hetero) is 1. The molecule has 336 valence electrons. The average Bonchev–Trinajstić information content (AvgIpc) is 4.12. The molecule has 62 heavy (non-hydrogen) atoms. The maximum atomic E-state index is 12.1. The van der Waals surface area contributed by atoms with E-state index < -0.39 is 0 Å². The molecule has 0 bridgehead atoms. The predicted octanol–water partition coefficient (Wildman–Crippen LogP) is 13.6. The number of ketones is 2. The van der Waals surface area contributed by atoms with E-state index in [0.717, 1.165) is 11.8 Å². The van der Waals surface area contributed by atoms with Crippen LogP contribution in [0.4, 0.5) is 0 Å². The summed E-state index contributed by atoms with van der Waals surface area (Å²) in [6.07, 6.45) is 23.7. The van der Waals surface area contributed by atoms with E-state index in [0.29, 0.717) is 52.1 Å². The zero-order valence-electron chi connectivity index (χ0n) is 36.7. The van der Waals surface area contributed by atoms with E-state index in [1.807, 2.05) is 0 Å². The number of carbonyl (C=O) groups excluding carboxylic acids is 2. The number of phenolic OH excluding ortho intramolecular Hbond substituents is 4. The molecular weight excluding hydrogens is 856 g/mol. The second-order valence-electron chi connectivity index (χ2n) is 18.3. The Balaban J connectivity index is 0.000000218. The van der Waals surface area contributed by atoms with Crippen LogP contribution >= 0.6 is 0 Å². The normalized spacial score (nSPS) is 17.6. The number of rotatable bonds is 12. The Hall–Kier alpha value is -3.80. The van der Waals surface area contributed by atoms with E-state index in [1.165, 1.54) is 157 Å². The standard InChI is InChI=1S/C27H34O2.C14H24O.C13H10O3.2Fe/c1-19(18-20-6-2-3-7-20)26(21-8-4-5-9-21)27(22-10-14-24(28)15-11-22)23-12-16-25(29)17-13-23;1-11(10-12-6-2-3-7-12)14(15)13-8-4-5-9-13;14-11-5-1-9(2-6-11)13(16)10-3-7-12(15)8-4-10;;/h10-17,19-21,28-29H,2-9,18H2,1H3;11-13H,2-10H2,1H3;1-8,14-15H;;. The molecule has 2 unspecified atom stereocenters. The molecule has 4 aromatic carbocycles. The molecule has 8 heteroatoms. The molecule has 2 atom stereocenters. The molecule has 4 aromatic rings. The van der Waals surface area contributed by atoms with Gasteiger partial charge in [0.1, 0.15) is 28.8 Å². The van der Waals surface area contributed by atoms with Gasteiger partial charge in [0, 0.05) is 57.1 Å². The molecule has 4 aliphatic carbocycles. The van der Waals surface area contributed by atoms with Gasteiger partial charge in [0.2, 0.25) is 0 Å². The van der Waals surface area contributed by atoms with Gasteiger partial charge in [-0.3, -0.25) is 9.59 Å². The van der Waals surface area contributed by atoms with Crippen molar-refractivity contribution in [3.63, 3.8) is 0 Å². The van der Waals surface area contributed by atoms with Crippen molar-refractivity contribution < 1.29 is 64.2 Å². The molecule has 4 fully saturated rings. The summed E-state index contributed by atoms with van der Waals surface area (Å²) < 4.78 is 0. The number of hydrogen-bond acceptors (Lipinski definition) is 6. The Kier molecular flexibility index (Phi) is 20.9. The maximum absolute atomic E-state index is 12.1. The molecule has 4 N–H and O–H groups in total. The Morgan fingerprint density at radius 1 is 0.435 bits per heavy atom. The molecule has 0 amide bonds. The van der Waals surface area contributed by atoms with Crippen LogP contribution in [0.5, 0.6) is 23.0 Å². The number of phenols is 4. The molecule has 0 heterocycles. The Bertz CT molecular complexity index is 1870. The minimum atomic E-state index is -0.139. The molecule has 6 nitrogen and oxygen atoms in total. The first-order valence-electron chi connectivity index (χ1n) is 23.0. The largest absolute Gasteiger partial charge is 0.508 e. The number of benzene rings is 4. The van der Waals surface area contributed by atoms with Gasteiger partial charge in [0.05, 0.1) is 0 Å². The van der Waals surface area contributed by atoms with Crippen LogP contribution in [0.25, 0.3) is 5.57 Å². The monoisotopic (exact) mass is 924 g/mol. The summed E-state index contributed by atoms with van der Waals surface area (Å²) >= 11 is 0. The van der Waals surface area contributed by atoms with Crippen molar-refractivity contribution in [2.24, 2.45) is 35.5 Å². The summed E-state index contributed by atoms with van der Waals surface area (Å²) in [4.78, 5) is 24.0. The topological polar surface area (TPSA) is 115 Å². The van der Waals surface area contributed by atoms with Gasteiger partial charge in [-0.25, -0.2) is 0 Å². The van der Waals surface area contributed by atoms with Crippen molar-refractivity contribution in [3.8, 4) is 23.0 Å². The van der Waals surface area contributed by atoms with E-state index in [2.05, 4.69) is 38.1 Å². The van der Waals surface area contributed by atoms with Gasteiger partial charge in [0.15, 0.2) is 5.78 Å². The Morgan fingerprint density at radius 2 is 0.726 bits per heavy atom. The van der Waals surface area contributed by atoms with Gasteiger partial charge in [-0.1, -0.05) is 121 Å². The van der Waals surface area contributed by atoms with E-state index in [1.54, 1.807) is 54.1 Å². The molecular formula is C54H68Fe2O6. The zero-order chi connectivity index (χ0) is 42.4. The van der Waals surface area contributed by atoms with Crippen LogP contribution < -0.4 is 0 Å². The first-order valence-corrected chi connectivity index (χ1v) is 23.0. The number of carbonyl (C=O) groups is 2. The molecule has 4 aliphatic rings. The molecule has 0 saturated heterocycles. The van der Waals surface area contributed by atoms with Crippen LogP contribution in [0, 0.1) is 35.5 Å². The van der Waals surface area contributed by atoms with E-state index in [4.69, 9.17) is 10.2 Å². The number of aromatic hydroxyl groups is 4. The smallest absolute Gasteiger partial charge is 0.193 e. The van der Waals surface area contributed by atoms with Gasteiger partial charge < -0.3 is 20.4 Å². The molecule has 0 aromatic heterocycles. The average molecular weight is 925 g/mol. The van der Waals surface area contributed by atoms with Crippen LogP contribution in [0.15, 0.2) is 103 Å². The fourth-order valence-corrected chi connectivity index (χ4v) is 10.6. The van der Waals surface area contributed by atoms with Crippen LogP contribution in [-0.4, -0.2) is 32.0 Å². The maximum Gasteiger partial charge on any atom is 0.193 e. The van der Waals surface area contributed by atoms with E-state index in [-0.39, 0.29) is 51.4 Å². The van der Waals surface area contributed by atoms with Crippen molar-refractivity contribution >= 4 is 17.1 Å². The minimum absolute atomic E-state index is 0. The molecule has 0 radical (unpaired) electrons. The number of hydrogen-bond donors (Lipinski definition) is 4. The van der Waals surface area contributed by atoms with Crippen molar-refractivity contribution in [1.29, 1.82) is 0 Å². The summed E-state index contributed by atoms with van der Waals surface area (Å²) in [6, 6.07) is 27.5. The summed E-state index contributed by atoms with van der Waals surface area (Å²) in [5, 5.41) is 37.9. The van der Waals surface area contributed by atoms with Gasteiger partial charge in [-0.05, 0) is 152 Å².